The molecular weight excluding hydrogens is 324 g/mol. The van der Waals surface area contributed by atoms with Gasteiger partial charge in [0.05, 0.1) is 0 Å². The standard InChI is InChI=1S/C7H7Br3/c8-5-3-1-2-4-6(9)7(5)10/h1-7H. The number of hydrogen-bond acceptors (Lipinski definition) is 0. The van der Waals surface area contributed by atoms with Crippen LogP contribution in [-0.4, -0.2) is 14.5 Å². The molecule has 0 aromatic rings. The highest BCUT2D eigenvalue weighted by atomic mass is 79.9. The van der Waals surface area contributed by atoms with Gasteiger partial charge in [-0.25, -0.2) is 0 Å². The Bertz CT molecular complexity index is 144. The number of hydrogen-bond donors (Lipinski definition) is 0. The van der Waals surface area contributed by atoms with Crippen molar-refractivity contribution in [1.29, 1.82) is 0 Å². The molecule has 0 aliphatic heterocycles. The van der Waals surface area contributed by atoms with E-state index in [1.54, 1.807) is 0 Å². The molecular formula is C7H7Br3. The SMILES string of the molecule is BrC1C=CC=CC(Br)C1Br. The molecule has 0 bridgehead atoms. The number of rotatable bonds is 0. The lowest BCUT2D eigenvalue weighted by atomic mass is 10.2. The summed E-state index contributed by atoms with van der Waals surface area (Å²) in [5.74, 6) is 0. The summed E-state index contributed by atoms with van der Waals surface area (Å²) in [4.78, 5) is 1.25. The van der Waals surface area contributed by atoms with Crippen molar-refractivity contribution in [3.63, 3.8) is 0 Å². The molecule has 0 N–H and O–H groups in total. The van der Waals surface area contributed by atoms with Gasteiger partial charge in [-0.05, 0) is 0 Å². The van der Waals surface area contributed by atoms with E-state index in [2.05, 4.69) is 72.1 Å². The van der Waals surface area contributed by atoms with E-state index in [-0.39, 0.29) is 0 Å². The van der Waals surface area contributed by atoms with Gasteiger partial charge in [0.15, 0.2) is 0 Å². The molecule has 0 fully saturated rings. The molecule has 10 heavy (non-hydrogen) atoms. The van der Waals surface area contributed by atoms with Crippen LogP contribution < -0.4 is 0 Å². The summed E-state index contributed by atoms with van der Waals surface area (Å²) in [5.41, 5.74) is 0. The van der Waals surface area contributed by atoms with Crippen molar-refractivity contribution in [2.45, 2.75) is 14.5 Å². The van der Waals surface area contributed by atoms with E-state index in [0.717, 1.165) is 0 Å². The molecule has 2 unspecified atom stereocenters. The fourth-order valence-corrected chi connectivity index (χ4v) is 2.50. The van der Waals surface area contributed by atoms with Gasteiger partial charge in [-0.3, -0.25) is 0 Å². The normalized spacial score (nSPS) is 39.7. The maximum atomic E-state index is 3.57. The Kier molecular flexibility index (Phi) is 3.67. The largest absolute Gasteiger partial charge is 0.0859 e. The van der Waals surface area contributed by atoms with Crippen LogP contribution in [0.2, 0.25) is 0 Å². The molecule has 0 aromatic heterocycles. The summed E-state index contributed by atoms with van der Waals surface area (Å²) < 4.78 is 0. The van der Waals surface area contributed by atoms with Gasteiger partial charge in [0.2, 0.25) is 0 Å². The Morgan fingerprint density at radius 3 is 1.60 bits per heavy atom. The predicted octanol–water partition coefficient (Wildman–Crippen LogP) is 3.40. The molecule has 3 heteroatoms. The van der Waals surface area contributed by atoms with E-state index in [1.807, 2.05) is 0 Å². The number of halogens is 3. The van der Waals surface area contributed by atoms with E-state index in [4.69, 9.17) is 0 Å². The summed E-state index contributed by atoms with van der Waals surface area (Å²) in [5, 5.41) is 0. The maximum absolute atomic E-state index is 3.57. The Labute approximate surface area is 86.1 Å². The number of alkyl halides is 3. The van der Waals surface area contributed by atoms with E-state index < -0.39 is 0 Å². The molecule has 56 valence electrons. The molecule has 0 aromatic carbocycles. The van der Waals surface area contributed by atoms with Gasteiger partial charge in [-0.15, -0.1) is 0 Å². The molecule has 0 saturated heterocycles. The molecule has 0 amide bonds. The second kappa shape index (κ2) is 4.07. The molecule has 1 rings (SSSR count). The van der Waals surface area contributed by atoms with Crippen LogP contribution in [0.1, 0.15) is 0 Å². The van der Waals surface area contributed by atoms with Crippen LogP contribution in [-0.2, 0) is 0 Å². The van der Waals surface area contributed by atoms with Crippen LogP contribution in [0, 0.1) is 0 Å². The molecule has 2 atom stereocenters. The highest BCUT2D eigenvalue weighted by Gasteiger charge is 2.20. The van der Waals surface area contributed by atoms with Crippen molar-refractivity contribution in [2.24, 2.45) is 0 Å². The molecule has 0 spiro atoms. The Balaban J connectivity index is 2.69. The molecule has 1 aliphatic rings. The van der Waals surface area contributed by atoms with Crippen LogP contribution in [0.4, 0.5) is 0 Å². The molecule has 0 radical (unpaired) electrons. The summed E-state index contributed by atoms with van der Waals surface area (Å²) in [7, 11) is 0. The van der Waals surface area contributed by atoms with Gasteiger partial charge in [-0.1, -0.05) is 72.1 Å². The summed E-state index contributed by atoms with van der Waals surface area (Å²) in [6, 6.07) is 0. The lowest BCUT2D eigenvalue weighted by Crippen LogP contribution is -2.19. The zero-order valence-corrected chi connectivity index (χ0v) is 9.93. The third kappa shape index (κ3) is 2.21. The third-order valence-electron chi connectivity index (χ3n) is 1.31. The minimum Gasteiger partial charge on any atom is -0.0859 e. The van der Waals surface area contributed by atoms with Crippen LogP contribution in [0.3, 0.4) is 0 Å². The monoisotopic (exact) mass is 328 g/mol. The van der Waals surface area contributed by atoms with Gasteiger partial charge < -0.3 is 0 Å². The predicted molar refractivity (Wildman–Crippen MR) is 56.4 cm³/mol. The first-order valence-electron chi connectivity index (χ1n) is 2.99. The highest BCUT2D eigenvalue weighted by Crippen LogP contribution is 2.26. The molecule has 0 heterocycles. The topological polar surface area (TPSA) is 0 Å². The first-order chi connectivity index (χ1) is 4.72. The van der Waals surface area contributed by atoms with Gasteiger partial charge in [-0.2, -0.15) is 0 Å². The van der Waals surface area contributed by atoms with Gasteiger partial charge >= 0.3 is 0 Å². The van der Waals surface area contributed by atoms with Crippen molar-refractivity contribution in [3.05, 3.63) is 24.3 Å². The second-order valence-electron chi connectivity index (χ2n) is 2.10. The maximum Gasteiger partial charge on any atom is 0.0467 e. The van der Waals surface area contributed by atoms with Gasteiger partial charge in [0.1, 0.15) is 0 Å². The van der Waals surface area contributed by atoms with Crippen molar-refractivity contribution in [1.82, 2.24) is 0 Å². The summed E-state index contributed by atoms with van der Waals surface area (Å²) in [6.07, 6.45) is 8.35. The van der Waals surface area contributed by atoms with Crippen LogP contribution in [0.5, 0.6) is 0 Å². The smallest absolute Gasteiger partial charge is 0.0467 e. The fourth-order valence-electron chi connectivity index (χ4n) is 0.729. The highest BCUT2D eigenvalue weighted by molar-refractivity contribution is 9.13. The van der Waals surface area contributed by atoms with E-state index in [9.17, 15) is 0 Å². The fraction of sp³-hybridized carbons (Fsp3) is 0.429. The Morgan fingerprint density at radius 2 is 1.20 bits per heavy atom. The first-order valence-corrected chi connectivity index (χ1v) is 5.74. The van der Waals surface area contributed by atoms with Crippen LogP contribution >= 0.6 is 47.8 Å². The minimum atomic E-state index is 0.409. The average molecular weight is 331 g/mol. The second-order valence-corrected chi connectivity index (χ2v) is 5.28. The van der Waals surface area contributed by atoms with Gasteiger partial charge in [0, 0.05) is 14.5 Å². The molecule has 0 nitrogen and oxygen atoms in total. The molecule has 0 saturated carbocycles. The summed E-state index contributed by atoms with van der Waals surface area (Å²) >= 11 is 10.7. The lowest BCUT2D eigenvalue weighted by Gasteiger charge is -2.14. The van der Waals surface area contributed by atoms with E-state index in [1.165, 1.54) is 0 Å². The van der Waals surface area contributed by atoms with Gasteiger partial charge in [0.25, 0.3) is 0 Å². The first kappa shape index (κ1) is 9.01. The zero-order chi connectivity index (χ0) is 7.56. The van der Waals surface area contributed by atoms with E-state index in [0.29, 0.717) is 14.5 Å². The van der Waals surface area contributed by atoms with Crippen molar-refractivity contribution < 1.29 is 0 Å². The van der Waals surface area contributed by atoms with Crippen LogP contribution in [0.25, 0.3) is 0 Å². The van der Waals surface area contributed by atoms with Crippen LogP contribution in [0.15, 0.2) is 24.3 Å². The number of allylic oxidation sites excluding steroid dienone is 4. The lowest BCUT2D eigenvalue weighted by molar-refractivity contribution is 0.969. The minimum absolute atomic E-state index is 0.409. The Morgan fingerprint density at radius 1 is 0.800 bits per heavy atom. The quantitative estimate of drug-likeness (QED) is 0.597. The average Bonchev–Trinajstić information content (AvgIpc) is 2.04. The zero-order valence-electron chi connectivity index (χ0n) is 5.18. The molecule has 1 aliphatic carbocycles. The Hall–Kier alpha value is 0.920. The van der Waals surface area contributed by atoms with E-state index >= 15 is 0 Å². The van der Waals surface area contributed by atoms with Crippen molar-refractivity contribution >= 4 is 47.8 Å². The third-order valence-corrected chi connectivity index (χ3v) is 5.62. The summed E-state index contributed by atoms with van der Waals surface area (Å²) in [6.45, 7) is 0. The van der Waals surface area contributed by atoms with Crippen molar-refractivity contribution in [3.8, 4) is 0 Å². The van der Waals surface area contributed by atoms with Crippen molar-refractivity contribution in [2.75, 3.05) is 0 Å².